The van der Waals surface area contributed by atoms with Gasteiger partial charge in [0.15, 0.2) is 0 Å². The van der Waals surface area contributed by atoms with Crippen molar-refractivity contribution in [3.8, 4) is 22.6 Å². The Balaban J connectivity index is 1.69. The second-order valence-corrected chi connectivity index (χ2v) is 13.1. The zero-order chi connectivity index (χ0) is 32.2. The number of nitrogens with zero attached hydrogens (tertiary/aromatic N) is 3. The number of aliphatic hydroxyl groups excluding tert-OH is 1. The smallest absolute Gasteiger partial charge is 0.321 e. The van der Waals surface area contributed by atoms with Crippen molar-refractivity contribution in [2.45, 2.75) is 30.9 Å². The number of methoxy groups -OCH3 is 1. The monoisotopic (exact) mass is 624 g/mol. The summed E-state index contributed by atoms with van der Waals surface area (Å²) in [6.07, 6.45) is -0.596. The number of amides is 3. The Labute approximate surface area is 259 Å². The summed E-state index contributed by atoms with van der Waals surface area (Å²) < 4.78 is 40.7. The summed E-state index contributed by atoms with van der Waals surface area (Å²) in [7, 11) is 2.51. The number of hydrogen-bond donors (Lipinski definition) is 2. The number of anilines is 1. The van der Waals surface area contributed by atoms with Crippen LogP contribution in [0.3, 0.4) is 0 Å². The standard InChI is InChI=1S/C32H40N4O7S/c1-21-18-36(22(2)20-37)44(40,41)30-15-10-24(23-8-7-9-25(16-23)31(38)34(3)4)17-28(30)43-29(21)19-35(5)32(39)33-26-11-13-27(42-6)14-12-26/h7-17,21-22,29,37H,18-20H2,1-6H3,(H,33,39)/t21-,22-,29+/m0/s1. The Morgan fingerprint density at radius 1 is 1.07 bits per heavy atom. The van der Waals surface area contributed by atoms with Gasteiger partial charge in [0, 0.05) is 50.9 Å². The fourth-order valence-electron chi connectivity index (χ4n) is 4.96. The number of ether oxygens (including phenoxy) is 2. The molecule has 3 amide bonds. The number of likely N-dealkylation sites (N-methyl/N-ethyl adjacent to an activating group) is 1. The van der Waals surface area contributed by atoms with Crippen LogP contribution in [0.15, 0.2) is 71.6 Å². The minimum atomic E-state index is -4.05. The van der Waals surface area contributed by atoms with Crippen LogP contribution in [0.5, 0.6) is 11.5 Å². The lowest BCUT2D eigenvalue weighted by Gasteiger charge is -2.37. The summed E-state index contributed by atoms with van der Waals surface area (Å²) in [4.78, 5) is 28.6. The zero-order valence-electron chi connectivity index (χ0n) is 25.9. The van der Waals surface area contributed by atoms with Gasteiger partial charge in [-0.05, 0) is 66.6 Å². The maximum atomic E-state index is 13.9. The Kier molecular flexibility index (Phi) is 10.2. The van der Waals surface area contributed by atoms with Crippen molar-refractivity contribution < 1.29 is 32.6 Å². The Morgan fingerprint density at radius 2 is 1.75 bits per heavy atom. The second-order valence-electron chi connectivity index (χ2n) is 11.2. The van der Waals surface area contributed by atoms with Crippen LogP contribution in [0.25, 0.3) is 11.1 Å². The van der Waals surface area contributed by atoms with Crippen LogP contribution < -0.4 is 14.8 Å². The number of carbonyl (C=O) groups is 2. The molecule has 0 bridgehead atoms. The molecule has 0 unspecified atom stereocenters. The lowest BCUT2D eigenvalue weighted by Crippen LogP contribution is -2.50. The lowest BCUT2D eigenvalue weighted by atomic mass is 10.0. The van der Waals surface area contributed by atoms with Gasteiger partial charge in [-0.25, -0.2) is 13.2 Å². The molecule has 1 heterocycles. The van der Waals surface area contributed by atoms with Crippen LogP contribution in [0, 0.1) is 5.92 Å². The molecule has 3 aromatic carbocycles. The van der Waals surface area contributed by atoms with Gasteiger partial charge in [0.25, 0.3) is 5.91 Å². The molecule has 0 saturated carbocycles. The fourth-order valence-corrected chi connectivity index (χ4v) is 6.78. The molecule has 4 rings (SSSR count). The Hall–Kier alpha value is -4.13. The average molecular weight is 625 g/mol. The molecule has 0 aromatic heterocycles. The minimum absolute atomic E-state index is 0.0377. The lowest BCUT2D eigenvalue weighted by molar-refractivity contribution is 0.0827. The molecule has 44 heavy (non-hydrogen) atoms. The minimum Gasteiger partial charge on any atom is -0.497 e. The molecule has 0 spiro atoms. The number of fused-ring (bicyclic) bond motifs is 1. The van der Waals surface area contributed by atoms with Crippen LogP contribution >= 0.6 is 0 Å². The highest BCUT2D eigenvalue weighted by molar-refractivity contribution is 7.89. The second kappa shape index (κ2) is 13.7. The molecule has 1 aliphatic rings. The van der Waals surface area contributed by atoms with Gasteiger partial charge in [-0.1, -0.05) is 25.1 Å². The van der Waals surface area contributed by atoms with Crippen molar-refractivity contribution in [1.82, 2.24) is 14.1 Å². The molecule has 1 aliphatic heterocycles. The van der Waals surface area contributed by atoms with Crippen molar-refractivity contribution in [3.63, 3.8) is 0 Å². The van der Waals surface area contributed by atoms with E-state index in [1.807, 2.05) is 13.0 Å². The number of nitrogens with one attached hydrogen (secondary N) is 1. The van der Waals surface area contributed by atoms with Gasteiger partial charge in [-0.2, -0.15) is 4.31 Å². The third-order valence-electron chi connectivity index (χ3n) is 7.66. The Bertz CT molecular complexity index is 1590. The normalized spacial score (nSPS) is 18.5. The number of aliphatic hydroxyl groups is 1. The summed E-state index contributed by atoms with van der Waals surface area (Å²) >= 11 is 0. The van der Waals surface area contributed by atoms with Gasteiger partial charge in [-0.3, -0.25) is 4.79 Å². The van der Waals surface area contributed by atoms with Crippen molar-refractivity contribution in [3.05, 3.63) is 72.3 Å². The van der Waals surface area contributed by atoms with Crippen LogP contribution in [-0.4, -0.2) is 99.7 Å². The van der Waals surface area contributed by atoms with Crippen molar-refractivity contribution >= 4 is 27.6 Å². The van der Waals surface area contributed by atoms with Crippen molar-refractivity contribution in [2.24, 2.45) is 5.92 Å². The largest absolute Gasteiger partial charge is 0.497 e. The van der Waals surface area contributed by atoms with E-state index in [0.29, 0.717) is 28.1 Å². The molecular weight excluding hydrogens is 584 g/mol. The SMILES string of the molecule is COc1ccc(NC(=O)N(C)C[C@H]2Oc3cc(-c4cccc(C(=O)N(C)C)c4)ccc3S(=O)(=O)N([C@@H](C)CO)C[C@@H]2C)cc1. The third kappa shape index (κ3) is 7.15. The number of urea groups is 1. The van der Waals surface area contributed by atoms with Gasteiger partial charge >= 0.3 is 6.03 Å². The maximum absolute atomic E-state index is 13.9. The number of carbonyl (C=O) groups excluding carboxylic acids is 2. The molecule has 0 fully saturated rings. The topological polar surface area (TPSA) is 129 Å². The Morgan fingerprint density at radius 3 is 2.39 bits per heavy atom. The summed E-state index contributed by atoms with van der Waals surface area (Å²) in [6, 6.07) is 17.8. The number of rotatable bonds is 8. The van der Waals surface area contributed by atoms with E-state index >= 15 is 0 Å². The van der Waals surface area contributed by atoms with Crippen molar-refractivity contribution in [2.75, 3.05) is 53.3 Å². The molecule has 3 atom stereocenters. The van der Waals surface area contributed by atoms with Crippen molar-refractivity contribution in [1.29, 1.82) is 0 Å². The first kappa shape index (κ1) is 32.8. The molecule has 0 radical (unpaired) electrons. The first-order valence-corrected chi connectivity index (χ1v) is 15.7. The predicted molar refractivity (Wildman–Crippen MR) is 169 cm³/mol. The van der Waals surface area contributed by atoms with Gasteiger partial charge in [0.2, 0.25) is 10.0 Å². The van der Waals surface area contributed by atoms with E-state index in [-0.39, 0.29) is 48.2 Å². The molecule has 0 saturated heterocycles. The van der Waals surface area contributed by atoms with Gasteiger partial charge in [0.05, 0.1) is 20.3 Å². The molecule has 2 N–H and O–H groups in total. The summed E-state index contributed by atoms with van der Waals surface area (Å²) in [5, 5.41) is 12.8. The number of sulfonamides is 1. The highest BCUT2D eigenvalue weighted by atomic mass is 32.2. The van der Waals surface area contributed by atoms with E-state index in [9.17, 15) is 23.1 Å². The summed E-state index contributed by atoms with van der Waals surface area (Å²) in [5.74, 6) is 0.282. The van der Waals surface area contributed by atoms with Crippen LogP contribution in [0.2, 0.25) is 0 Å². The van der Waals surface area contributed by atoms with E-state index in [1.165, 1.54) is 20.2 Å². The molecule has 11 nitrogen and oxygen atoms in total. The summed E-state index contributed by atoms with van der Waals surface area (Å²) in [5.41, 5.74) is 2.46. The van der Waals surface area contributed by atoms with E-state index in [0.717, 1.165) is 0 Å². The highest BCUT2D eigenvalue weighted by Gasteiger charge is 2.38. The average Bonchev–Trinajstić information content (AvgIpc) is 3.02. The molecule has 0 aliphatic carbocycles. The molecule has 12 heteroatoms. The molecule has 3 aromatic rings. The van der Waals surface area contributed by atoms with Crippen LogP contribution in [0.4, 0.5) is 10.5 Å². The van der Waals surface area contributed by atoms with E-state index in [1.54, 1.807) is 89.8 Å². The van der Waals surface area contributed by atoms with Gasteiger partial charge in [-0.15, -0.1) is 0 Å². The summed E-state index contributed by atoms with van der Waals surface area (Å²) in [6.45, 7) is 3.39. The van der Waals surface area contributed by atoms with E-state index < -0.39 is 22.2 Å². The van der Waals surface area contributed by atoms with Crippen LogP contribution in [-0.2, 0) is 10.0 Å². The first-order chi connectivity index (χ1) is 20.8. The van der Waals surface area contributed by atoms with Gasteiger partial charge < -0.3 is 29.7 Å². The van der Waals surface area contributed by atoms with Crippen LogP contribution in [0.1, 0.15) is 24.2 Å². The first-order valence-electron chi connectivity index (χ1n) is 14.3. The fraction of sp³-hybridized carbons (Fsp3) is 0.375. The molecule has 236 valence electrons. The zero-order valence-corrected chi connectivity index (χ0v) is 26.7. The van der Waals surface area contributed by atoms with Gasteiger partial charge in [0.1, 0.15) is 22.5 Å². The number of benzene rings is 3. The number of hydrogen-bond acceptors (Lipinski definition) is 7. The molecular formula is C32H40N4O7S. The predicted octanol–water partition coefficient (Wildman–Crippen LogP) is 4.00. The maximum Gasteiger partial charge on any atom is 0.321 e. The quantitative estimate of drug-likeness (QED) is 0.388. The van der Waals surface area contributed by atoms with E-state index in [4.69, 9.17) is 9.47 Å². The highest BCUT2D eigenvalue weighted by Crippen LogP contribution is 2.37. The van der Waals surface area contributed by atoms with E-state index in [2.05, 4.69) is 5.32 Å². The third-order valence-corrected chi connectivity index (χ3v) is 9.68.